The van der Waals surface area contributed by atoms with Gasteiger partial charge in [-0.3, -0.25) is 9.59 Å². The van der Waals surface area contributed by atoms with Crippen LogP contribution in [0.5, 0.6) is 0 Å². The Morgan fingerprint density at radius 1 is 0.528 bits per heavy atom. The van der Waals surface area contributed by atoms with Gasteiger partial charge in [-0.05, 0) is 77.0 Å². The highest BCUT2D eigenvalue weighted by molar-refractivity contribution is 5.76. The van der Waals surface area contributed by atoms with Crippen LogP contribution in [0.2, 0.25) is 0 Å². The molecule has 0 saturated heterocycles. The van der Waals surface area contributed by atoms with E-state index >= 15 is 0 Å². The summed E-state index contributed by atoms with van der Waals surface area (Å²) < 4.78 is 5.43. The van der Waals surface area contributed by atoms with Crippen molar-refractivity contribution >= 4 is 11.9 Å². The SMILES string of the molecule is CCCCCC/C=C\C/C=C\CCCCCCCCCC(=O)OCCCCCC/C=C\CCCC(=O)NC(CO)C(O)CCCCCCCCCCC. The maximum Gasteiger partial charge on any atom is 0.305 e. The van der Waals surface area contributed by atoms with E-state index in [0.29, 0.717) is 25.9 Å². The molecule has 0 fully saturated rings. The van der Waals surface area contributed by atoms with E-state index in [0.717, 1.165) is 77.0 Å². The molecule has 0 aromatic carbocycles. The summed E-state index contributed by atoms with van der Waals surface area (Å²) in [5.74, 6) is -0.145. The number of amides is 1. The van der Waals surface area contributed by atoms with Crippen LogP contribution in [0.3, 0.4) is 0 Å². The maximum atomic E-state index is 12.3. The number of hydrogen-bond donors (Lipinski definition) is 3. The van der Waals surface area contributed by atoms with Crippen molar-refractivity contribution in [2.75, 3.05) is 13.2 Å². The number of nitrogens with one attached hydrogen (secondary N) is 1. The van der Waals surface area contributed by atoms with Gasteiger partial charge in [0.1, 0.15) is 0 Å². The molecule has 0 bridgehead atoms. The van der Waals surface area contributed by atoms with Crippen LogP contribution < -0.4 is 5.32 Å². The molecule has 0 aliphatic rings. The average molecular weight is 746 g/mol. The second-order valence-electron chi connectivity index (χ2n) is 15.4. The van der Waals surface area contributed by atoms with Gasteiger partial charge in [0.15, 0.2) is 0 Å². The summed E-state index contributed by atoms with van der Waals surface area (Å²) in [5, 5.41) is 23.0. The average Bonchev–Trinajstić information content (AvgIpc) is 3.16. The topological polar surface area (TPSA) is 95.9 Å². The number of aliphatic hydroxyl groups is 2. The fraction of sp³-hybridized carbons (Fsp3) is 0.830. The normalized spacial score (nSPS) is 13.1. The lowest BCUT2D eigenvalue weighted by molar-refractivity contribution is -0.143. The van der Waals surface area contributed by atoms with Crippen LogP contribution in [0.25, 0.3) is 0 Å². The molecule has 1 amide bonds. The molecule has 53 heavy (non-hydrogen) atoms. The quantitative estimate of drug-likeness (QED) is 0.0329. The predicted octanol–water partition coefficient (Wildman–Crippen LogP) is 12.9. The van der Waals surface area contributed by atoms with Gasteiger partial charge in [-0.15, -0.1) is 0 Å². The first-order chi connectivity index (χ1) is 26.0. The smallest absolute Gasteiger partial charge is 0.305 e. The van der Waals surface area contributed by atoms with E-state index in [-0.39, 0.29) is 18.5 Å². The molecule has 0 aliphatic heterocycles. The van der Waals surface area contributed by atoms with Crippen molar-refractivity contribution in [1.29, 1.82) is 0 Å². The van der Waals surface area contributed by atoms with Crippen molar-refractivity contribution in [2.24, 2.45) is 0 Å². The zero-order valence-corrected chi connectivity index (χ0v) is 35.0. The monoisotopic (exact) mass is 746 g/mol. The van der Waals surface area contributed by atoms with Crippen LogP contribution in [0.1, 0.15) is 226 Å². The molecular formula is C47H87NO5. The van der Waals surface area contributed by atoms with Crippen molar-refractivity contribution in [2.45, 2.75) is 238 Å². The Kier molecular flexibility index (Phi) is 41.3. The molecule has 0 spiro atoms. The Labute approximate surface area is 328 Å². The number of carbonyl (C=O) groups is 2. The number of allylic oxidation sites excluding steroid dienone is 6. The Morgan fingerprint density at radius 3 is 1.51 bits per heavy atom. The van der Waals surface area contributed by atoms with Crippen molar-refractivity contribution in [3.63, 3.8) is 0 Å². The number of ether oxygens (including phenoxy) is 1. The van der Waals surface area contributed by atoms with Gasteiger partial charge in [0.25, 0.3) is 0 Å². The molecule has 0 saturated carbocycles. The Bertz CT molecular complexity index is 869. The first-order valence-corrected chi connectivity index (χ1v) is 22.7. The van der Waals surface area contributed by atoms with Gasteiger partial charge in [0.2, 0.25) is 5.91 Å². The summed E-state index contributed by atoms with van der Waals surface area (Å²) in [4.78, 5) is 24.4. The zero-order valence-electron chi connectivity index (χ0n) is 35.0. The zero-order chi connectivity index (χ0) is 38.7. The molecule has 2 unspecified atom stereocenters. The predicted molar refractivity (Wildman–Crippen MR) is 227 cm³/mol. The second kappa shape index (κ2) is 42.8. The highest BCUT2D eigenvalue weighted by Gasteiger charge is 2.19. The van der Waals surface area contributed by atoms with Crippen LogP contribution in [-0.4, -0.2) is 47.4 Å². The summed E-state index contributed by atoms with van der Waals surface area (Å²) in [6.07, 6.45) is 49.7. The van der Waals surface area contributed by atoms with Crippen molar-refractivity contribution < 1.29 is 24.5 Å². The van der Waals surface area contributed by atoms with Gasteiger partial charge in [0.05, 0.1) is 25.4 Å². The van der Waals surface area contributed by atoms with Crippen LogP contribution in [0.15, 0.2) is 36.5 Å². The van der Waals surface area contributed by atoms with Gasteiger partial charge in [-0.25, -0.2) is 0 Å². The third kappa shape index (κ3) is 39.6. The number of hydrogen-bond acceptors (Lipinski definition) is 5. The lowest BCUT2D eigenvalue weighted by Crippen LogP contribution is -2.45. The fourth-order valence-electron chi connectivity index (χ4n) is 6.61. The highest BCUT2D eigenvalue weighted by Crippen LogP contribution is 2.14. The van der Waals surface area contributed by atoms with Crippen LogP contribution in [0, 0.1) is 0 Å². The number of aliphatic hydroxyl groups excluding tert-OH is 2. The van der Waals surface area contributed by atoms with Crippen LogP contribution >= 0.6 is 0 Å². The molecule has 2 atom stereocenters. The standard InChI is InChI=1S/C47H87NO5/c1-3-5-7-9-11-13-14-15-16-17-18-19-20-21-25-29-33-37-41-47(52)53-42-38-34-30-26-22-24-28-32-36-40-46(51)48-44(43-49)45(50)39-35-31-27-23-12-10-8-6-4-2/h13-14,16-17,24,28,44-45,49-50H,3-12,15,18-23,25-27,29-43H2,1-2H3,(H,48,51)/b14-13-,17-16-,28-24-. The van der Waals surface area contributed by atoms with Gasteiger partial charge >= 0.3 is 5.97 Å². The van der Waals surface area contributed by atoms with E-state index in [2.05, 4.69) is 55.6 Å². The minimum Gasteiger partial charge on any atom is -0.466 e. The third-order valence-corrected chi connectivity index (χ3v) is 10.2. The molecule has 0 rings (SSSR count). The summed E-state index contributed by atoms with van der Waals surface area (Å²) in [5.41, 5.74) is 0. The molecular weight excluding hydrogens is 659 g/mol. The lowest BCUT2D eigenvalue weighted by atomic mass is 10.0. The molecule has 0 aliphatic carbocycles. The number of esters is 1. The molecule has 6 heteroatoms. The van der Waals surface area contributed by atoms with Gasteiger partial charge in [0, 0.05) is 12.8 Å². The third-order valence-electron chi connectivity index (χ3n) is 10.2. The largest absolute Gasteiger partial charge is 0.466 e. The summed E-state index contributed by atoms with van der Waals surface area (Å²) in [6, 6.07) is -0.578. The van der Waals surface area contributed by atoms with E-state index in [9.17, 15) is 19.8 Å². The molecule has 0 aromatic heterocycles. The molecule has 0 radical (unpaired) electrons. The van der Waals surface area contributed by atoms with Crippen molar-refractivity contribution in [3.05, 3.63) is 36.5 Å². The maximum absolute atomic E-state index is 12.3. The minimum absolute atomic E-state index is 0.0446. The highest BCUT2D eigenvalue weighted by atomic mass is 16.5. The molecule has 3 N–H and O–H groups in total. The van der Waals surface area contributed by atoms with Crippen LogP contribution in [-0.2, 0) is 14.3 Å². The van der Waals surface area contributed by atoms with E-state index < -0.39 is 12.1 Å². The Hall–Kier alpha value is -1.92. The molecule has 0 heterocycles. The van der Waals surface area contributed by atoms with E-state index in [1.54, 1.807) is 0 Å². The Balaban J connectivity index is 3.53. The van der Waals surface area contributed by atoms with E-state index in [1.165, 1.54) is 116 Å². The lowest BCUT2D eigenvalue weighted by Gasteiger charge is -2.22. The summed E-state index contributed by atoms with van der Waals surface area (Å²) in [6.45, 7) is 4.80. The molecule has 310 valence electrons. The fourth-order valence-corrected chi connectivity index (χ4v) is 6.61. The van der Waals surface area contributed by atoms with Gasteiger partial charge < -0.3 is 20.3 Å². The van der Waals surface area contributed by atoms with Gasteiger partial charge in [-0.2, -0.15) is 0 Å². The number of unbranched alkanes of at least 4 members (excludes halogenated alkanes) is 24. The molecule has 0 aromatic rings. The summed E-state index contributed by atoms with van der Waals surface area (Å²) >= 11 is 0. The molecule has 6 nitrogen and oxygen atoms in total. The first-order valence-electron chi connectivity index (χ1n) is 22.7. The minimum atomic E-state index is -0.693. The van der Waals surface area contributed by atoms with Crippen molar-refractivity contribution in [3.8, 4) is 0 Å². The van der Waals surface area contributed by atoms with Crippen molar-refractivity contribution in [1.82, 2.24) is 5.32 Å². The second-order valence-corrected chi connectivity index (χ2v) is 15.4. The summed E-state index contributed by atoms with van der Waals surface area (Å²) in [7, 11) is 0. The number of rotatable bonds is 41. The number of carbonyl (C=O) groups excluding carboxylic acids is 2. The van der Waals surface area contributed by atoms with Crippen LogP contribution in [0.4, 0.5) is 0 Å². The first kappa shape index (κ1) is 51.1. The Morgan fingerprint density at radius 2 is 0.962 bits per heavy atom. The van der Waals surface area contributed by atoms with E-state index in [4.69, 9.17) is 4.74 Å². The van der Waals surface area contributed by atoms with E-state index in [1.807, 2.05) is 0 Å². The van der Waals surface area contributed by atoms with Gasteiger partial charge in [-0.1, -0.05) is 172 Å².